The predicted molar refractivity (Wildman–Crippen MR) is 90.0 cm³/mol. The Morgan fingerprint density at radius 1 is 1.36 bits per heavy atom. The zero-order valence-corrected chi connectivity index (χ0v) is 13.9. The maximum absolute atomic E-state index is 6.07. The second-order valence-electron chi connectivity index (χ2n) is 6.80. The third kappa shape index (κ3) is 3.36. The molecule has 1 atom stereocenters. The molecule has 1 unspecified atom stereocenters. The molecule has 1 aliphatic rings. The molecule has 0 bridgehead atoms. The van der Waals surface area contributed by atoms with Crippen molar-refractivity contribution >= 4 is 10.9 Å². The van der Waals surface area contributed by atoms with Gasteiger partial charge >= 0.3 is 0 Å². The van der Waals surface area contributed by atoms with E-state index in [1.165, 1.54) is 34.0 Å². The summed E-state index contributed by atoms with van der Waals surface area (Å²) in [5, 5.41) is 1.30. The summed E-state index contributed by atoms with van der Waals surface area (Å²) < 4.78 is 11.8. The van der Waals surface area contributed by atoms with Crippen LogP contribution in [0.1, 0.15) is 49.8 Å². The van der Waals surface area contributed by atoms with Crippen molar-refractivity contribution in [2.75, 3.05) is 6.61 Å². The van der Waals surface area contributed by atoms with E-state index < -0.39 is 0 Å². The molecular weight excluding hydrogens is 274 g/mol. The third-order valence-electron chi connectivity index (χ3n) is 4.42. The number of nitrogens with one attached hydrogen (secondary N) is 1. The lowest BCUT2D eigenvalue weighted by Gasteiger charge is -2.24. The molecule has 0 spiro atoms. The van der Waals surface area contributed by atoms with Gasteiger partial charge in [-0.15, -0.1) is 0 Å². The molecule has 1 N–H and O–H groups in total. The van der Waals surface area contributed by atoms with Crippen LogP contribution in [0.3, 0.4) is 0 Å². The first kappa shape index (κ1) is 15.6. The van der Waals surface area contributed by atoms with Crippen molar-refractivity contribution < 1.29 is 9.47 Å². The van der Waals surface area contributed by atoms with Gasteiger partial charge in [0, 0.05) is 23.7 Å². The zero-order valence-electron chi connectivity index (χ0n) is 13.9. The van der Waals surface area contributed by atoms with Gasteiger partial charge in [0.25, 0.3) is 0 Å². The summed E-state index contributed by atoms with van der Waals surface area (Å²) in [5.41, 5.74) is 5.28. The van der Waals surface area contributed by atoms with Gasteiger partial charge in [0.05, 0.1) is 6.61 Å². The lowest BCUT2D eigenvalue weighted by molar-refractivity contribution is -0.168. The van der Waals surface area contributed by atoms with E-state index in [1.807, 2.05) is 6.20 Å². The Labute approximate surface area is 133 Å². The molecule has 1 aromatic heterocycles. The number of aryl methyl sites for hydroxylation is 1. The lowest BCUT2D eigenvalue weighted by Crippen LogP contribution is -2.22. The number of rotatable bonds is 5. The number of aromatic nitrogens is 1. The molecule has 1 fully saturated rings. The fraction of sp³-hybridized carbons (Fsp3) is 0.579. The van der Waals surface area contributed by atoms with Gasteiger partial charge < -0.3 is 14.5 Å². The molecule has 0 amide bonds. The number of fused-ring (bicyclic) bond motifs is 1. The third-order valence-corrected chi connectivity index (χ3v) is 4.42. The smallest absolute Gasteiger partial charge is 0.158 e. The predicted octanol–water partition coefficient (Wildman–Crippen LogP) is 4.72. The molecule has 3 heteroatoms. The van der Waals surface area contributed by atoms with Crippen LogP contribution in [-0.2, 0) is 22.5 Å². The molecule has 1 saturated heterocycles. The molecule has 3 rings (SSSR count). The van der Waals surface area contributed by atoms with Gasteiger partial charge in [-0.1, -0.05) is 19.9 Å². The molecule has 0 radical (unpaired) electrons. The Kier molecular flexibility index (Phi) is 4.84. The number of aromatic amines is 1. The summed E-state index contributed by atoms with van der Waals surface area (Å²) in [6.07, 6.45) is 6.46. The summed E-state index contributed by atoms with van der Waals surface area (Å²) in [7, 11) is 0. The molecule has 3 nitrogen and oxygen atoms in total. The average molecular weight is 301 g/mol. The van der Waals surface area contributed by atoms with E-state index in [-0.39, 0.29) is 6.29 Å². The van der Waals surface area contributed by atoms with Crippen LogP contribution in [-0.4, -0.2) is 17.9 Å². The highest BCUT2D eigenvalue weighted by atomic mass is 16.7. The molecule has 2 heterocycles. The van der Waals surface area contributed by atoms with Gasteiger partial charge in [-0.2, -0.15) is 0 Å². The summed E-state index contributed by atoms with van der Waals surface area (Å²) in [5.74, 6) is 0.639. The minimum absolute atomic E-state index is 0.0315. The van der Waals surface area contributed by atoms with Crippen LogP contribution >= 0.6 is 0 Å². The summed E-state index contributed by atoms with van der Waals surface area (Å²) >= 11 is 0. The summed E-state index contributed by atoms with van der Waals surface area (Å²) in [6, 6.07) is 4.49. The number of hydrogen-bond donors (Lipinski definition) is 1. The molecule has 1 aliphatic heterocycles. The van der Waals surface area contributed by atoms with Gasteiger partial charge in [0.15, 0.2) is 6.29 Å². The Bertz CT molecular complexity index is 624. The van der Waals surface area contributed by atoms with Crippen molar-refractivity contribution in [1.29, 1.82) is 0 Å². The van der Waals surface area contributed by atoms with E-state index in [9.17, 15) is 0 Å². The Morgan fingerprint density at radius 2 is 2.23 bits per heavy atom. The van der Waals surface area contributed by atoms with E-state index in [0.29, 0.717) is 12.5 Å². The molecular formula is C19H27NO2. The fourth-order valence-electron chi connectivity index (χ4n) is 3.35. The van der Waals surface area contributed by atoms with Gasteiger partial charge in [-0.05, 0) is 61.3 Å². The SMILES string of the molecule is Cc1cc(CC(C)C)c(COC2CCCCO2)c2cc[nH]c12. The van der Waals surface area contributed by atoms with E-state index in [1.54, 1.807) is 0 Å². The number of H-pyrrole nitrogens is 1. The van der Waals surface area contributed by atoms with Crippen LogP contribution in [0.4, 0.5) is 0 Å². The van der Waals surface area contributed by atoms with Crippen LogP contribution in [0.25, 0.3) is 10.9 Å². The lowest BCUT2D eigenvalue weighted by atomic mass is 9.93. The minimum Gasteiger partial charge on any atom is -0.361 e. The van der Waals surface area contributed by atoms with E-state index in [0.717, 1.165) is 25.9 Å². The van der Waals surface area contributed by atoms with Crippen LogP contribution in [0, 0.1) is 12.8 Å². The first-order chi connectivity index (χ1) is 10.6. The summed E-state index contributed by atoms with van der Waals surface area (Å²) in [6.45, 7) is 8.19. The fourth-order valence-corrected chi connectivity index (χ4v) is 3.35. The quantitative estimate of drug-likeness (QED) is 0.867. The normalized spacial score (nSPS) is 19.2. The van der Waals surface area contributed by atoms with Gasteiger partial charge in [-0.25, -0.2) is 0 Å². The van der Waals surface area contributed by atoms with Crippen molar-refractivity contribution in [3.05, 3.63) is 35.0 Å². The molecule has 0 aliphatic carbocycles. The standard InChI is InChI=1S/C19H27NO2/c1-13(2)10-15-11-14(3)19-16(7-8-20-19)17(15)12-22-18-6-4-5-9-21-18/h7-8,11,13,18,20H,4-6,9-10,12H2,1-3H3. The van der Waals surface area contributed by atoms with Crippen LogP contribution in [0.5, 0.6) is 0 Å². The molecule has 1 aromatic carbocycles. The maximum atomic E-state index is 6.07. The van der Waals surface area contributed by atoms with Gasteiger partial charge in [0.1, 0.15) is 0 Å². The van der Waals surface area contributed by atoms with Gasteiger partial charge in [0.2, 0.25) is 0 Å². The van der Waals surface area contributed by atoms with E-state index in [2.05, 4.69) is 37.9 Å². The monoisotopic (exact) mass is 301 g/mol. The highest BCUT2D eigenvalue weighted by molar-refractivity contribution is 5.87. The topological polar surface area (TPSA) is 34.2 Å². The largest absolute Gasteiger partial charge is 0.361 e. The summed E-state index contributed by atoms with van der Waals surface area (Å²) in [4.78, 5) is 3.36. The second-order valence-corrected chi connectivity index (χ2v) is 6.80. The van der Waals surface area contributed by atoms with E-state index >= 15 is 0 Å². The molecule has 120 valence electrons. The highest BCUT2D eigenvalue weighted by Gasteiger charge is 2.17. The molecule has 2 aromatic rings. The number of hydrogen-bond acceptors (Lipinski definition) is 2. The van der Waals surface area contributed by atoms with Crippen LogP contribution in [0.2, 0.25) is 0 Å². The molecule has 0 saturated carbocycles. The average Bonchev–Trinajstić information content (AvgIpc) is 2.97. The zero-order chi connectivity index (χ0) is 15.5. The van der Waals surface area contributed by atoms with Crippen molar-refractivity contribution in [3.63, 3.8) is 0 Å². The number of benzene rings is 1. The van der Waals surface area contributed by atoms with Crippen LogP contribution < -0.4 is 0 Å². The Morgan fingerprint density at radius 3 is 2.95 bits per heavy atom. The van der Waals surface area contributed by atoms with Crippen molar-refractivity contribution in [2.45, 2.75) is 59.4 Å². The maximum Gasteiger partial charge on any atom is 0.158 e. The van der Waals surface area contributed by atoms with E-state index in [4.69, 9.17) is 9.47 Å². The molecule has 22 heavy (non-hydrogen) atoms. The van der Waals surface area contributed by atoms with Gasteiger partial charge in [-0.3, -0.25) is 0 Å². The number of ether oxygens (including phenoxy) is 2. The highest BCUT2D eigenvalue weighted by Crippen LogP contribution is 2.28. The van der Waals surface area contributed by atoms with Crippen LogP contribution in [0.15, 0.2) is 18.3 Å². The minimum atomic E-state index is -0.0315. The Hall–Kier alpha value is -1.32. The second kappa shape index (κ2) is 6.84. The first-order valence-corrected chi connectivity index (χ1v) is 8.47. The first-order valence-electron chi connectivity index (χ1n) is 8.47. The van der Waals surface area contributed by atoms with Crippen molar-refractivity contribution in [2.24, 2.45) is 5.92 Å². The van der Waals surface area contributed by atoms with Crippen molar-refractivity contribution in [3.8, 4) is 0 Å². The Balaban J connectivity index is 1.87. The van der Waals surface area contributed by atoms with Crippen molar-refractivity contribution in [1.82, 2.24) is 4.98 Å².